The van der Waals surface area contributed by atoms with Crippen LogP contribution in [-0.2, 0) is 13.2 Å². The van der Waals surface area contributed by atoms with E-state index in [0.29, 0.717) is 0 Å². The summed E-state index contributed by atoms with van der Waals surface area (Å²) in [6.07, 6.45) is 3.94. The Morgan fingerprint density at radius 3 is 2.40 bits per heavy atom. The van der Waals surface area contributed by atoms with Crippen molar-refractivity contribution in [2.24, 2.45) is 0 Å². The maximum atomic E-state index is 8.93. The summed E-state index contributed by atoms with van der Waals surface area (Å²) in [5.74, 6) is 0. The number of hydrogen-bond acceptors (Lipinski definition) is 1. The number of rotatable bonds is 3. The van der Waals surface area contributed by atoms with Gasteiger partial charge in [-0.1, -0.05) is 28.1 Å². The lowest BCUT2D eigenvalue weighted by molar-refractivity contribution is 0.282. The third kappa shape index (κ3) is 2.70. The highest BCUT2D eigenvalue weighted by atomic mass is 79.9. The second-order valence-corrected chi connectivity index (χ2v) is 4.39. The van der Waals surface area contributed by atoms with Gasteiger partial charge in [-0.05, 0) is 29.3 Å². The van der Waals surface area contributed by atoms with Crippen LogP contribution < -0.4 is 0 Å². The number of benzene rings is 1. The van der Waals surface area contributed by atoms with Gasteiger partial charge >= 0.3 is 0 Å². The fraction of sp³-hybridized carbons (Fsp3) is 0.167. The van der Waals surface area contributed by atoms with Crippen molar-refractivity contribution in [1.29, 1.82) is 0 Å². The van der Waals surface area contributed by atoms with E-state index < -0.39 is 0 Å². The first-order chi connectivity index (χ1) is 7.28. The zero-order chi connectivity index (χ0) is 10.7. The van der Waals surface area contributed by atoms with E-state index in [-0.39, 0.29) is 6.61 Å². The van der Waals surface area contributed by atoms with Crippen molar-refractivity contribution in [2.75, 3.05) is 0 Å². The van der Waals surface area contributed by atoms with Gasteiger partial charge in [0.25, 0.3) is 0 Å². The van der Waals surface area contributed by atoms with Crippen LogP contribution in [0.3, 0.4) is 0 Å². The van der Waals surface area contributed by atoms with Gasteiger partial charge < -0.3 is 9.67 Å². The lowest BCUT2D eigenvalue weighted by Crippen LogP contribution is -1.95. The van der Waals surface area contributed by atoms with Crippen LogP contribution in [0.15, 0.2) is 47.2 Å². The van der Waals surface area contributed by atoms with E-state index in [1.807, 2.05) is 30.6 Å². The van der Waals surface area contributed by atoms with Crippen LogP contribution in [-0.4, -0.2) is 9.67 Å². The molecule has 78 valence electrons. The highest BCUT2D eigenvalue weighted by Gasteiger charge is 1.97. The maximum absolute atomic E-state index is 8.93. The molecule has 1 aromatic carbocycles. The Balaban J connectivity index is 2.11. The molecule has 0 spiro atoms. The largest absolute Gasteiger partial charge is 0.392 e. The molecule has 0 bridgehead atoms. The molecule has 1 aromatic heterocycles. The molecular formula is C12H12BrNO. The summed E-state index contributed by atoms with van der Waals surface area (Å²) < 4.78 is 3.16. The Morgan fingerprint density at radius 2 is 1.80 bits per heavy atom. The van der Waals surface area contributed by atoms with E-state index in [4.69, 9.17) is 5.11 Å². The van der Waals surface area contributed by atoms with Gasteiger partial charge in [0.15, 0.2) is 0 Å². The lowest BCUT2D eigenvalue weighted by atomic mass is 10.2. The normalized spacial score (nSPS) is 10.5. The van der Waals surface area contributed by atoms with Crippen LogP contribution in [0.25, 0.3) is 0 Å². The van der Waals surface area contributed by atoms with E-state index >= 15 is 0 Å². The van der Waals surface area contributed by atoms with E-state index in [1.54, 1.807) is 0 Å². The molecule has 0 fully saturated rings. The smallest absolute Gasteiger partial charge is 0.0696 e. The maximum Gasteiger partial charge on any atom is 0.0696 e. The molecule has 15 heavy (non-hydrogen) atoms. The summed E-state index contributed by atoms with van der Waals surface area (Å²) >= 11 is 3.41. The standard InChI is InChI=1S/C12H12BrNO/c13-12-3-1-10(2-4-12)7-14-6-5-11(8-14)9-15/h1-6,8,15H,7,9H2. The number of aliphatic hydroxyl groups is 1. The molecule has 1 heterocycles. The van der Waals surface area contributed by atoms with Crippen molar-refractivity contribution in [2.45, 2.75) is 13.2 Å². The average molecular weight is 266 g/mol. The molecule has 0 saturated carbocycles. The topological polar surface area (TPSA) is 25.2 Å². The summed E-state index contributed by atoms with van der Waals surface area (Å²) in [5.41, 5.74) is 2.20. The predicted octanol–water partition coefficient (Wildman–Crippen LogP) is 2.79. The monoisotopic (exact) mass is 265 g/mol. The first-order valence-corrected chi connectivity index (χ1v) is 5.57. The van der Waals surface area contributed by atoms with Crippen molar-refractivity contribution in [3.05, 3.63) is 58.3 Å². The molecule has 0 unspecified atom stereocenters. The number of aliphatic hydroxyl groups excluding tert-OH is 1. The quantitative estimate of drug-likeness (QED) is 0.907. The van der Waals surface area contributed by atoms with Gasteiger partial charge in [0.2, 0.25) is 0 Å². The minimum Gasteiger partial charge on any atom is -0.392 e. The Kier molecular flexibility index (Phi) is 3.23. The highest BCUT2D eigenvalue weighted by molar-refractivity contribution is 9.10. The molecule has 0 saturated heterocycles. The molecule has 2 rings (SSSR count). The Bertz CT molecular complexity index is 433. The molecule has 0 aliphatic carbocycles. The van der Waals surface area contributed by atoms with E-state index in [0.717, 1.165) is 16.6 Å². The van der Waals surface area contributed by atoms with Crippen LogP contribution >= 0.6 is 15.9 Å². The highest BCUT2D eigenvalue weighted by Crippen LogP contribution is 2.12. The zero-order valence-electron chi connectivity index (χ0n) is 8.23. The van der Waals surface area contributed by atoms with Gasteiger partial charge in [-0.15, -0.1) is 0 Å². The summed E-state index contributed by atoms with van der Waals surface area (Å²) in [5, 5.41) is 8.93. The Morgan fingerprint density at radius 1 is 1.07 bits per heavy atom. The van der Waals surface area contributed by atoms with Crippen LogP contribution in [0.2, 0.25) is 0 Å². The number of hydrogen-bond donors (Lipinski definition) is 1. The van der Waals surface area contributed by atoms with Crippen LogP contribution in [0.4, 0.5) is 0 Å². The molecule has 2 nitrogen and oxygen atoms in total. The lowest BCUT2D eigenvalue weighted by Gasteiger charge is -2.02. The number of halogens is 1. The molecular weight excluding hydrogens is 254 g/mol. The Labute approximate surface area is 97.3 Å². The molecule has 3 heteroatoms. The summed E-state index contributed by atoms with van der Waals surface area (Å²) in [6, 6.07) is 10.2. The van der Waals surface area contributed by atoms with Crippen LogP contribution in [0.5, 0.6) is 0 Å². The fourth-order valence-electron chi connectivity index (χ4n) is 1.48. The molecule has 0 aliphatic rings. The average Bonchev–Trinajstić information content (AvgIpc) is 2.69. The number of aromatic nitrogens is 1. The zero-order valence-corrected chi connectivity index (χ0v) is 9.81. The van der Waals surface area contributed by atoms with Crippen molar-refractivity contribution < 1.29 is 5.11 Å². The Hall–Kier alpha value is -1.06. The van der Waals surface area contributed by atoms with E-state index in [1.165, 1.54) is 5.56 Å². The summed E-state index contributed by atoms with van der Waals surface area (Å²) in [7, 11) is 0. The molecule has 0 atom stereocenters. The minimum absolute atomic E-state index is 0.105. The van der Waals surface area contributed by atoms with Gasteiger partial charge in [0, 0.05) is 23.4 Å². The molecule has 1 N–H and O–H groups in total. The van der Waals surface area contributed by atoms with Crippen molar-refractivity contribution in [3.63, 3.8) is 0 Å². The van der Waals surface area contributed by atoms with E-state index in [2.05, 4.69) is 32.6 Å². The molecule has 0 amide bonds. The van der Waals surface area contributed by atoms with Crippen LogP contribution in [0, 0.1) is 0 Å². The summed E-state index contributed by atoms with van der Waals surface area (Å²) in [6.45, 7) is 0.945. The molecule has 0 aliphatic heterocycles. The second-order valence-electron chi connectivity index (χ2n) is 3.48. The third-order valence-corrected chi connectivity index (χ3v) is 2.80. The van der Waals surface area contributed by atoms with Crippen molar-refractivity contribution in [1.82, 2.24) is 4.57 Å². The minimum atomic E-state index is 0.105. The number of nitrogens with zero attached hydrogens (tertiary/aromatic N) is 1. The van der Waals surface area contributed by atoms with Gasteiger partial charge in [-0.25, -0.2) is 0 Å². The fourth-order valence-corrected chi connectivity index (χ4v) is 1.75. The third-order valence-electron chi connectivity index (χ3n) is 2.27. The first-order valence-electron chi connectivity index (χ1n) is 4.78. The van der Waals surface area contributed by atoms with Crippen molar-refractivity contribution >= 4 is 15.9 Å². The van der Waals surface area contributed by atoms with Crippen LogP contribution in [0.1, 0.15) is 11.1 Å². The van der Waals surface area contributed by atoms with Crippen molar-refractivity contribution in [3.8, 4) is 0 Å². The summed E-state index contributed by atoms with van der Waals surface area (Å²) in [4.78, 5) is 0. The molecule has 2 aromatic rings. The SMILES string of the molecule is OCc1ccn(Cc2ccc(Br)cc2)c1. The van der Waals surface area contributed by atoms with Gasteiger partial charge in [-0.2, -0.15) is 0 Å². The first kappa shape index (κ1) is 10.5. The van der Waals surface area contributed by atoms with Gasteiger partial charge in [0.05, 0.1) is 6.61 Å². The van der Waals surface area contributed by atoms with Gasteiger partial charge in [-0.3, -0.25) is 0 Å². The predicted molar refractivity (Wildman–Crippen MR) is 63.6 cm³/mol. The van der Waals surface area contributed by atoms with E-state index in [9.17, 15) is 0 Å². The molecule has 0 radical (unpaired) electrons. The van der Waals surface area contributed by atoms with Gasteiger partial charge in [0.1, 0.15) is 0 Å². The second kappa shape index (κ2) is 4.64.